The number of benzene rings is 1. The van der Waals surface area contributed by atoms with Gasteiger partial charge in [-0.15, -0.1) is 0 Å². The predicted octanol–water partition coefficient (Wildman–Crippen LogP) is 3.29. The van der Waals surface area contributed by atoms with E-state index in [4.69, 9.17) is 0 Å². The first-order valence-corrected chi connectivity index (χ1v) is 4.73. The first-order valence-electron chi connectivity index (χ1n) is 4.73. The summed E-state index contributed by atoms with van der Waals surface area (Å²) in [4.78, 5) is 10.7. The molecule has 0 unspecified atom stereocenters. The third kappa shape index (κ3) is 2.66. The molecule has 0 spiro atoms. The summed E-state index contributed by atoms with van der Waals surface area (Å²) in [5.41, 5.74) is -1.24. The Labute approximate surface area is 99.1 Å². The number of hydrogen-bond acceptors (Lipinski definition) is 2. The molecule has 0 atom stereocenters. The predicted molar refractivity (Wildman–Crippen MR) is 54.3 cm³/mol. The second-order valence-electron chi connectivity index (χ2n) is 3.51. The Kier molecular flexibility index (Phi) is 4.05. The van der Waals surface area contributed by atoms with Gasteiger partial charge in [-0.2, -0.15) is 0 Å². The average molecular weight is 265 g/mol. The van der Waals surface area contributed by atoms with Crippen LogP contribution in [0.4, 0.5) is 27.6 Å². The topological polar surface area (TPSA) is 29.1 Å². The summed E-state index contributed by atoms with van der Waals surface area (Å²) in [6.45, 7) is 2.42. The van der Waals surface area contributed by atoms with Gasteiger partial charge in [0.2, 0.25) is 5.82 Å². The maximum atomic E-state index is 13.2. The first kappa shape index (κ1) is 14.1. The van der Waals surface area contributed by atoms with E-state index in [1.54, 1.807) is 0 Å². The maximum absolute atomic E-state index is 13.2. The Morgan fingerprint density at radius 2 is 1.28 bits per heavy atom. The van der Waals surface area contributed by atoms with Crippen molar-refractivity contribution in [3.63, 3.8) is 0 Å². The fourth-order valence-electron chi connectivity index (χ4n) is 1.25. The van der Waals surface area contributed by atoms with Gasteiger partial charge in [-0.1, -0.05) is 0 Å². The number of allylic oxidation sites excluding steroid dienone is 2. The van der Waals surface area contributed by atoms with Gasteiger partial charge in [0, 0.05) is 5.70 Å². The van der Waals surface area contributed by atoms with Crippen LogP contribution in [0.5, 0.6) is 0 Å². The minimum atomic E-state index is -2.23. The van der Waals surface area contributed by atoms with E-state index >= 15 is 0 Å². The molecule has 0 aliphatic rings. The van der Waals surface area contributed by atoms with E-state index in [1.165, 1.54) is 13.8 Å². The molecule has 2 nitrogen and oxygen atoms in total. The Hall–Kier alpha value is -1.92. The van der Waals surface area contributed by atoms with Crippen molar-refractivity contribution in [1.29, 1.82) is 0 Å². The highest BCUT2D eigenvalue weighted by atomic mass is 19.2. The van der Waals surface area contributed by atoms with Crippen LogP contribution in [-0.4, -0.2) is 5.78 Å². The average Bonchev–Trinajstić information content (AvgIpc) is 2.29. The van der Waals surface area contributed by atoms with Gasteiger partial charge in [0.1, 0.15) is 5.69 Å². The molecule has 18 heavy (non-hydrogen) atoms. The molecule has 1 N–H and O–H groups in total. The van der Waals surface area contributed by atoms with Gasteiger partial charge >= 0.3 is 0 Å². The molecule has 0 amide bonds. The van der Waals surface area contributed by atoms with Gasteiger partial charge in [0.25, 0.3) is 0 Å². The first-order chi connectivity index (χ1) is 8.25. The standard InChI is InChI=1S/C11H8F5NO/c1-4(3-5(2)18)17-11-9(15)7(13)6(12)8(14)10(11)16/h3,17H,1-2H3/b4-3+. The van der Waals surface area contributed by atoms with Gasteiger partial charge in [-0.05, 0) is 19.9 Å². The molecule has 0 saturated carbocycles. The number of rotatable bonds is 3. The van der Waals surface area contributed by atoms with E-state index in [9.17, 15) is 26.7 Å². The summed E-state index contributed by atoms with van der Waals surface area (Å²) in [6.07, 6.45) is 0.956. The highest BCUT2D eigenvalue weighted by Gasteiger charge is 2.25. The lowest BCUT2D eigenvalue weighted by atomic mass is 10.2. The van der Waals surface area contributed by atoms with Crippen LogP contribution in [0.2, 0.25) is 0 Å². The zero-order chi connectivity index (χ0) is 14.0. The molecule has 0 heterocycles. The van der Waals surface area contributed by atoms with Gasteiger partial charge in [-0.25, -0.2) is 22.0 Å². The SMILES string of the molecule is CC(=O)/C=C(\C)Nc1c(F)c(F)c(F)c(F)c1F. The summed E-state index contributed by atoms with van der Waals surface area (Å²) in [6, 6.07) is 0. The molecule has 98 valence electrons. The molecule has 0 fully saturated rings. The lowest BCUT2D eigenvalue weighted by molar-refractivity contribution is -0.112. The van der Waals surface area contributed by atoms with E-state index in [0.717, 1.165) is 6.08 Å². The minimum absolute atomic E-state index is 0.0503. The molecule has 7 heteroatoms. The van der Waals surface area contributed by atoms with E-state index < -0.39 is 40.6 Å². The van der Waals surface area contributed by atoms with E-state index in [0.29, 0.717) is 0 Å². The molecule has 1 aromatic rings. The minimum Gasteiger partial charge on any atom is -0.354 e. The molecular formula is C11H8F5NO. The molecule has 1 aromatic carbocycles. The van der Waals surface area contributed by atoms with Crippen LogP contribution < -0.4 is 5.32 Å². The number of halogens is 5. The summed E-state index contributed by atoms with van der Waals surface area (Å²) in [5.74, 6) is -10.7. The van der Waals surface area contributed by atoms with E-state index in [2.05, 4.69) is 0 Å². The van der Waals surface area contributed by atoms with Gasteiger partial charge in [0.05, 0.1) is 0 Å². The van der Waals surface area contributed by atoms with Crippen LogP contribution >= 0.6 is 0 Å². The highest BCUT2D eigenvalue weighted by Crippen LogP contribution is 2.27. The number of carbonyl (C=O) groups excluding carboxylic acids is 1. The van der Waals surface area contributed by atoms with Crippen LogP contribution in [-0.2, 0) is 4.79 Å². The van der Waals surface area contributed by atoms with Gasteiger partial charge in [0.15, 0.2) is 29.1 Å². The van der Waals surface area contributed by atoms with Crippen LogP contribution in [0, 0.1) is 29.1 Å². The lowest BCUT2D eigenvalue weighted by Gasteiger charge is -2.10. The molecule has 1 rings (SSSR count). The summed E-state index contributed by atoms with van der Waals surface area (Å²) >= 11 is 0. The van der Waals surface area contributed by atoms with Crippen LogP contribution in [0.15, 0.2) is 11.8 Å². The largest absolute Gasteiger partial charge is 0.354 e. The Balaban J connectivity index is 3.30. The van der Waals surface area contributed by atoms with Crippen molar-refractivity contribution in [2.75, 3.05) is 5.32 Å². The quantitative estimate of drug-likeness (QED) is 0.393. The van der Waals surface area contributed by atoms with Crippen molar-refractivity contribution in [3.8, 4) is 0 Å². The normalized spacial score (nSPS) is 11.6. The molecule has 0 aliphatic carbocycles. The Morgan fingerprint density at radius 1 is 0.889 bits per heavy atom. The molecule has 0 bridgehead atoms. The second-order valence-corrected chi connectivity index (χ2v) is 3.51. The van der Waals surface area contributed by atoms with Crippen molar-refractivity contribution in [2.24, 2.45) is 0 Å². The van der Waals surface area contributed by atoms with Gasteiger partial charge < -0.3 is 5.32 Å². The zero-order valence-corrected chi connectivity index (χ0v) is 9.38. The van der Waals surface area contributed by atoms with Crippen molar-refractivity contribution in [3.05, 3.63) is 40.9 Å². The maximum Gasteiger partial charge on any atom is 0.200 e. The smallest absolute Gasteiger partial charge is 0.200 e. The van der Waals surface area contributed by atoms with Crippen LogP contribution in [0.3, 0.4) is 0 Å². The molecule has 0 radical (unpaired) electrons. The van der Waals surface area contributed by atoms with Crippen molar-refractivity contribution < 1.29 is 26.7 Å². The van der Waals surface area contributed by atoms with E-state index in [1.807, 2.05) is 5.32 Å². The third-order valence-electron chi connectivity index (χ3n) is 1.95. The molecular weight excluding hydrogens is 257 g/mol. The van der Waals surface area contributed by atoms with Crippen LogP contribution in [0.25, 0.3) is 0 Å². The van der Waals surface area contributed by atoms with Crippen molar-refractivity contribution in [1.82, 2.24) is 0 Å². The molecule has 0 saturated heterocycles. The molecule has 0 aliphatic heterocycles. The Bertz CT molecular complexity index is 510. The second kappa shape index (κ2) is 5.16. The number of nitrogens with one attached hydrogen (secondary N) is 1. The third-order valence-corrected chi connectivity index (χ3v) is 1.95. The Morgan fingerprint density at radius 3 is 1.67 bits per heavy atom. The monoisotopic (exact) mass is 265 g/mol. The lowest BCUT2D eigenvalue weighted by Crippen LogP contribution is -2.09. The number of ketones is 1. The highest BCUT2D eigenvalue weighted by molar-refractivity contribution is 5.88. The van der Waals surface area contributed by atoms with Crippen molar-refractivity contribution in [2.45, 2.75) is 13.8 Å². The van der Waals surface area contributed by atoms with E-state index in [-0.39, 0.29) is 5.70 Å². The van der Waals surface area contributed by atoms with Gasteiger partial charge in [-0.3, -0.25) is 4.79 Å². The summed E-state index contributed by atoms with van der Waals surface area (Å²) < 4.78 is 64.8. The summed E-state index contributed by atoms with van der Waals surface area (Å²) in [5, 5.41) is 1.96. The number of anilines is 1. The fraction of sp³-hybridized carbons (Fsp3) is 0.182. The zero-order valence-electron chi connectivity index (χ0n) is 9.38. The number of hydrogen-bond donors (Lipinski definition) is 1. The fourth-order valence-corrected chi connectivity index (χ4v) is 1.25. The van der Waals surface area contributed by atoms with Crippen LogP contribution in [0.1, 0.15) is 13.8 Å². The number of carbonyl (C=O) groups is 1. The molecule has 0 aromatic heterocycles. The van der Waals surface area contributed by atoms with Crippen molar-refractivity contribution >= 4 is 11.5 Å². The summed E-state index contributed by atoms with van der Waals surface area (Å²) in [7, 11) is 0.